The third-order valence-electron chi connectivity index (χ3n) is 3.37. The number of aryl methyl sites for hydroxylation is 1. The van der Waals surface area contributed by atoms with Crippen molar-refractivity contribution >= 4 is 0 Å². The van der Waals surface area contributed by atoms with Crippen molar-refractivity contribution in [2.24, 2.45) is 0 Å². The fourth-order valence-electron chi connectivity index (χ4n) is 2.00. The average molecular weight is 249 g/mol. The van der Waals surface area contributed by atoms with Crippen molar-refractivity contribution in [1.29, 1.82) is 0 Å². The molecule has 1 rings (SSSR count). The second-order valence-corrected chi connectivity index (χ2v) is 5.59. The van der Waals surface area contributed by atoms with Crippen molar-refractivity contribution in [3.05, 3.63) is 35.4 Å². The first kappa shape index (κ1) is 15.2. The largest absolute Gasteiger partial charge is 0.379 e. The van der Waals surface area contributed by atoms with Gasteiger partial charge < -0.3 is 10.1 Å². The van der Waals surface area contributed by atoms with Crippen molar-refractivity contribution < 1.29 is 4.74 Å². The van der Waals surface area contributed by atoms with Crippen LogP contribution in [0.1, 0.15) is 50.8 Å². The highest BCUT2D eigenvalue weighted by atomic mass is 16.5. The zero-order valence-electron chi connectivity index (χ0n) is 12.4. The highest BCUT2D eigenvalue weighted by molar-refractivity contribution is 5.24. The number of methoxy groups -OCH3 is 1. The predicted octanol–water partition coefficient (Wildman–Crippen LogP) is 3.85. The van der Waals surface area contributed by atoms with E-state index in [1.165, 1.54) is 11.1 Å². The van der Waals surface area contributed by atoms with Crippen LogP contribution in [-0.2, 0) is 4.74 Å². The molecule has 0 saturated carbocycles. The Morgan fingerprint density at radius 1 is 1.22 bits per heavy atom. The molecule has 0 bridgehead atoms. The molecule has 102 valence electrons. The standard InChI is InChI=1S/C16H27NO/c1-6-11-17-15(12-16(3,4)18-5)14-9-7-13(2)8-10-14/h7-10,15,17H,6,11-12H2,1-5H3. The summed E-state index contributed by atoms with van der Waals surface area (Å²) < 4.78 is 5.55. The van der Waals surface area contributed by atoms with Gasteiger partial charge in [-0.25, -0.2) is 0 Å². The minimum atomic E-state index is -0.101. The molecule has 0 fully saturated rings. The van der Waals surface area contributed by atoms with E-state index in [0.29, 0.717) is 6.04 Å². The highest BCUT2D eigenvalue weighted by Gasteiger charge is 2.23. The van der Waals surface area contributed by atoms with E-state index >= 15 is 0 Å². The fourth-order valence-corrected chi connectivity index (χ4v) is 2.00. The summed E-state index contributed by atoms with van der Waals surface area (Å²) in [5, 5.41) is 3.62. The molecular weight excluding hydrogens is 222 g/mol. The SMILES string of the molecule is CCCNC(CC(C)(C)OC)c1ccc(C)cc1. The van der Waals surface area contributed by atoms with E-state index in [1.807, 2.05) is 0 Å². The number of rotatable bonds is 7. The van der Waals surface area contributed by atoms with Gasteiger partial charge in [-0.3, -0.25) is 0 Å². The van der Waals surface area contributed by atoms with E-state index in [2.05, 4.69) is 57.3 Å². The Kier molecular flexibility index (Phi) is 5.83. The van der Waals surface area contributed by atoms with Crippen molar-refractivity contribution in [3.8, 4) is 0 Å². The minimum absolute atomic E-state index is 0.101. The summed E-state index contributed by atoms with van der Waals surface area (Å²) >= 11 is 0. The molecule has 0 aliphatic heterocycles. The van der Waals surface area contributed by atoms with Gasteiger partial charge in [0.15, 0.2) is 0 Å². The van der Waals surface area contributed by atoms with E-state index in [9.17, 15) is 0 Å². The first-order chi connectivity index (χ1) is 8.48. The lowest BCUT2D eigenvalue weighted by molar-refractivity contribution is 0.00685. The van der Waals surface area contributed by atoms with E-state index in [0.717, 1.165) is 19.4 Å². The van der Waals surface area contributed by atoms with Crippen molar-refractivity contribution in [2.75, 3.05) is 13.7 Å². The van der Waals surface area contributed by atoms with Crippen LogP contribution in [0, 0.1) is 6.92 Å². The van der Waals surface area contributed by atoms with Gasteiger partial charge in [-0.1, -0.05) is 36.8 Å². The zero-order chi connectivity index (χ0) is 13.6. The van der Waals surface area contributed by atoms with Crippen LogP contribution in [0.4, 0.5) is 0 Å². The Bertz CT molecular complexity index is 343. The molecule has 0 aliphatic rings. The molecule has 1 atom stereocenters. The average Bonchev–Trinajstić information content (AvgIpc) is 2.35. The quantitative estimate of drug-likeness (QED) is 0.792. The topological polar surface area (TPSA) is 21.3 Å². The third kappa shape index (κ3) is 4.79. The minimum Gasteiger partial charge on any atom is -0.379 e. The Hall–Kier alpha value is -0.860. The van der Waals surface area contributed by atoms with E-state index in [-0.39, 0.29) is 5.60 Å². The second kappa shape index (κ2) is 6.91. The molecule has 18 heavy (non-hydrogen) atoms. The van der Waals surface area contributed by atoms with Crippen LogP contribution in [0.25, 0.3) is 0 Å². The van der Waals surface area contributed by atoms with Crippen LogP contribution in [0.5, 0.6) is 0 Å². The smallest absolute Gasteiger partial charge is 0.0640 e. The molecule has 0 radical (unpaired) electrons. The lowest BCUT2D eigenvalue weighted by atomic mass is 9.93. The van der Waals surface area contributed by atoms with Crippen LogP contribution < -0.4 is 5.32 Å². The number of ether oxygens (including phenoxy) is 1. The van der Waals surface area contributed by atoms with Gasteiger partial charge >= 0.3 is 0 Å². The van der Waals surface area contributed by atoms with Gasteiger partial charge in [-0.2, -0.15) is 0 Å². The summed E-state index contributed by atoms with van der Waals surface area (Å²) in [4.78, 5) is 0. The molecule has 1 aromatic carbocycles. The molecule has 1 aromatic rings. The molecule has 0 aliphatic carbocycles. The van der Waals surface area contributed by atoms with Crippen LogP contribution in [-0.4, -0.2) is 19.3 Å². The zero-order valence-corrected chi connectivity index (χ0v) is 12.4. The molecule has 1 unspecified atom stereocenters. The van der Waals surface area contributed by atoms with Crippen molar-refractivity contribution in [1.82, 2.24) is 5.32 Å². The van der Waals surface area contributed by atoms with Crippen LogP contribution >= 0.6 is 0 Å². The van der Waals surface area contributed by atoms with Crippen LogP contribution in [0.15, 0.2) is 24.3 Å². The summed E-state index contributed by atoms with van der Waals surface area (Å²) in [5.41, 5.74) is 2.55. The summed E-state index contributed by atoms with van der Waals surface area (Å²) in [6.07, 6.45) is 2.13. The molecule has 0 amide bonds. The van der Waals surface area contributed by atoms with E-state index in [1.54, 1.807) is 7.11 Å². The maximum Gasteiger partial charge on any atom is 0.0640 e. The molecule has 2 heteroatoms. The second-order valence-electron chi connectivity index (χ2n) is 5.59. The Morgan fingerprint density at radius 2 is 1.83 bits per heavy atom. The summed E-state index contributed by atoms with van der Waals surface area (Å²) in [6.45, 7) is 9.64. The molecular formula is C16H27NO. The monoisotopic (exact) mass is 249 g/mol. The van der Waals surface area contributed by atoms with Gasteiger partial charge in [-0.15, -0.1) is 0 Å². The van der Waals surface area contributed by atoms with Gasteiger partial charge in [0.2, 0.25) is 0 Å². The van der Waals surface area contributed by atoms with Crippen molar-refractivity contribution in [2.45, 2.75) is 52.2 Å². The van der Waals surface area contributed by atoms with Gasteiger partial charge in [-0.05, 0) is 45.7 Å². The third-order valence-corrected chi connectivity index (χ3v) is 3.37. The molecule has 1 N–H and O–H groups in total. The normalized spacial score (nSPS) is 13.6. The maximum atomic E-state index is 5.55. The number of hydrogen-bond acceptors (Lipinski definition) is 2. The molecule has 0 spiro atoms. The van der Waals surface area contributed by atoms with Crippen molar-refractivity contribution in [3.63, 3.8) is 0 Å². The van der Waals surface area contributed by atoms with Gasteiger partial charge in [0.1, 0.15) is 0 Å². The Balaban J connectivity index is 2.80. The van der Waals surface area contributed by atoms with Gasteiger partial charge in [0.05, 0.1) is 5.60 Å². The van der Waals surface area contributed by atoms with Crippen LogP contribution in [0.3, 0.4) is 0 Å². The number of hydrogen-bond donors (Lipinski definition) is 1. The summed E-state index contributed by atoms with van der Waals surface area (Å²) in [7, 11) is 1.78. The van der Waals surface area contributed by atoms with E-state index in [4.69, 9.17) is 4.74 Å². The van der Waals surface area contributed by atoms with Gasteiger partial charge in [0, 0.05) is 13.2 Å². The van der Waals surface area contributed by atoms with Gasteiger partial charge in [0.25, 0.3) is 0 Å². The Morgan fingerprint density at radius 3 is 2.33 bits per heavy atom. The maximum absolute atomic E-state index is 5.55. The lowest BCUT2D eigenvalue weighted by Gasteiger charge is -2.29. The predicted molar refractivity (Wildman–Crippen MR) is 77.9 cm³/mol. The first-order valence-electron chi connectivity index (χ1n) is 6.83. The van der Waals surface area contributed by atoms with E-state index < -0.39 is 0 Å². The molecule has 0 heterocycles. The van der Waals surface area contributed by atoms with Crippen LogP contribution in [0.2, 0.25) is 0 Å². The summed E-state index contributed by atoms with van der Waals surface area (Å²) in [6, 6.07) is 9.15. The first-order valence-corrected chi connectivity index (χ1v) is 6.83. The number of nitrogens with one attached hydrogen (secondary N) is 1. The molecule has 0 saturated heterocycles. The highest BCUT2D eigenvalue weighted by Crippen LogP contribution is 2.26. The summed E-state index contributed by atoms with van der Waals surface area (Å²) in [5.74, 6) is 0. The molecule has 0 aromatic heterocycles. The molecule has 2 nitrogen and oxygen atoms in total. The lowest BCUT2D eigenvalue weighted by Crippen LogP contribution is -2.32. The number of benzene rings is 1. The fraction of sp³-hybridized carbons (Fsp3) is 0.625. The Labute approximate surface area is 112 Å².